The van der Waals surface area contributed by atoms with Gasteiger partial charge in [-0.1, -0.05) is 60.7 Å². The Balaban J connectivity index is 2.03. The maximum Gasteiger partial charge on any atom is 0.331 e. The van der Waals surface area contributed by atoms with Crippen molar-refractivity contribution in [2.75, 3.05) is 11.9 Å². The molecule has 5 heteroatoms. The van der Waals surface area contributed by atoms with Gasteiger partial charge in [0.15, 0.2) is 12.4 Å². The molecule has 0 atom stereocenters. The van der Waals surface area contributed by atoms with E-state index >= 15 is 0 Å². The highest BCUT2D eigenvalue weighted by atomic mass is 16.5. The van der Waals surface area contributed by atoms with E-state index in [0.29, 0.717) is 16.8 Å². The van der Waals surface area contributed by atoms with Crippen LogP contribution in [0.1, 0.15) is 22.8 Å². The normalized spacial score (nSPS) is 10.8. The van der Waals surface area contributed by atoms with Gasteiger partial charge in [-0.15, -0.1) is 0 Å². The first-order chi connectivity index (χ1) is 12.6. The van der Waals surface area contributed by atoms with Crippen LogP contribution in [0.2, 0.25) is 0 Å². The van der Waals surface area contributed by atoms with Gasteiger partial charge in [0.1, 0.15) is 0 Å². The number of hydrogen-bond acceptors (Lipinski definition) is 4. The number of anilines is 1. The summed E-state index contributed by atoms with van der Waals surface area (Å²) in [7, 11) is 0. The molecule has 2 rings (SSSR count). The molecule has 0 aliphatic carbocycles. The van der Waals surface area contributed by atoms with Crippen molar-refractivity contribution in [1.29, 1.82) is 0 Å². The van der Waals surface area contributed by atoms with E-state index in [1.54, 1.807) is 60.7 Å². The Bertz CT molecular complexity index is 838. The van der Waals surface area contributed by atoms with Gasteiger partial charge < -0.3 is 10.1 Å². The van der Waals surface area contributed by atoms with Crippen molar-refractivity contribution in [2.45, 2.75) is 6.92 Å². The minimum Gasteiger partial charge on any atom is -0.452 e. The van der Waals surface area contributed by atoms with Gasteiger partial charge in [0.2, 0.25) is 0 Å². The minimum atomic E-state index is -0.619. The van der Waals surface area contributed by atoms with E-state index in [2.05, 4.69) is 5.32 Å². The second-order valence-electron chi connectivity index (χ2n) is 5.28. The number of ether oxygens (including phenoxy) is 1. The highest BCUT2D eigenvalue weighted by molar-refractivity contribution is 6.13. The molecule has 0 heterocycles. The van der Waals surface area contributed by atoms with Gasteiger partial charge in [-0.2, -0.15) is 0 Å². The molecular weight excluding hydrogens is 330 g/mol. The van der Waals surface area contributed by atoms with E-state index < -0.39 is 18.5 Å². The van der Waals surface area contributed by atoms with Gasteiger partial charge in [0.05, 0.1) is 5.69 Å². The van der Waals surface area contributed by atoms with Crippen LogP contribution in [0.4, 0.5) is 5.69 Å². The molecule has 0 aliphatic rings. The number of hydrogen-bond donors (Lipinski definition) is 1. The zero-order valence-corrected chi connectivity index (χ0v) is 14.3. The molecule has 5 nitrogen and oxygen atoms in total. The lowest BCUT2D eigenvalue weighted by atomic mass is 10.0. The summed E-state index contributed by atoms with van der Waals surface area (Å²) in [6.45, 7) is 1.38. The van der Waals surface area contributed by atoms with Gasteiger partial charge in [-0.05, 0) is 19.1 Å². The number of benzene rings is 2. The number of carbonyl (C=O) groups excluding carboxylic acids is 3. The van der Waals surface area contributed by atoms with Crippen LogP contribution < -0.4 is 5.32 Å². The van der Waals surface area contributed by atoms with Crippen LogP contribution in [0.5, 0.6) is 0 Å². The van der Waals surface area contributed by atoms with E-state index in [1.165, 1.54) is 12.2 Å². The van der Waals surface area contributed by atoms with Crippen LogP contribution in [0, 0.1) is 0 Å². The number of esters is 1. The van der Waals surface area contributed by atoms with Crippen LogP contribution >= 0.6 is 0 Å². The summed E-state index contributed by atoms with van der Waals surface area (Å²) in [5.41, 5.74) is 1.26. The molecule has 26 heavy (non-hydrogen) atoms. The third kappa shape index (κ3) is 5.56. The van der Waals surface area contributed by atoms with Gasteiger partial charge in [0.25, 0.3) is 5.91 Å². The molecule has 0 saturated carbocycles. The highest BCUT2D eigenvalue weighted by Gasteiger charge is 2.15. The monoisotopic (exact) mass is 349 g/mol. The second kappa shape index (κ2) is 9.74. The SMILES string of the molecule is C/C=C/C=C/C(=O)OCC(=O)Nc1ccccc1C(=O)c1ccccc1. The Morgan fingerprint density at radius 1 is 0.962 bits per heavy atom. The Labute approximate surface area is 152 Å². The lowest BCUT2D eigenvalue weighted by Gasteiger charge is -2.10. The molecule has 0 spiro atoms. The summed E-state index contributed by atoms with van der Waals surface area (Å²) in [4.78, 5) is 36.1. The molecule has 0 aliphatic heterocycles. The Kier molecular flexibility index (Phi) is 7.06. The zero-order chi connectivity index (χ0) is 18.8. The molecule has 0 aromatic heterocycles. The average molecular weight is 349 g/mol. The van der Waals surface area contributed by atoms with E-state index in [-0.39, 0.29) is 5.78 Å². The third-order valence-electron chi connectivity index (χ3n) is 3.36. The largest absolute Gasteiger partial charge is 0.452 e. The van der Waals surface area contributed by atoms with Gasteiger partial charge >= 0.3 is 5.97 Å². The van der Waals surface area contributed by atoms with Crippen LogP contribution in [0.25, 0.3) is 0 Å². The molecule has 0 bridgehead atoms. The standard InChI is InChI=1S/C21H19NO4/c1-2-3-5-14-20(24)26-15-19(23)22-18-13-9-8-12-17(18)21(25)16-10-6-4-7-11-16/h2-14H,15H2,1H3,(H,22,23)/b3-2+,14-5+. The number of allylic oxidation sites excluding steroid dienone is 3. The zero-order valence-electron chi connectivity index (χ0n) is 14.3. The van der Waals surface area contributed by atoms with Crippen molar-refractivity contribution in [1.82, 2.24) is 0 Å². The quantitative estimate of drug-likeness (QED) is 0.359. The smallest absolute Gasteiger partial charge is 0.331 e. The summed E-state index contributed by atoms with van der Waals surface area (Å²) < 4.78 is 4.85. The maximum absolute atomic E-state index is 12.6. The summed E-state index contributed by atoms with van der Waals surface area (Å²) in [5, 5.41) is 2.61. The molecule has 1 amide bonds. The molecule has 2 aromatic carbocycles. The first-order valence-corrected chi connectivity index (χ1v) is 8.06. The number of para-hydroxylation sites is 1. The summed E-state index contributed by atoms with van der Waals surface area (Å²) in [6, 6.07) is 15.5. The summed E-state index contributed by atoms with van der Waals surface area (Å²) in [5.74, 6) is -1.34. The van der Waals surface area contributed by atoms with Gasteiger partial charge in [-0.3, -0.25) is 9.59 Å². The predicted octanol–water partition coefficient (Wildman–Crippen LogP) is 3.53. The number of carbonyl (C=O) groups is 3. The molecular formula is C21H19NO4. The Morgan fingerprint density at radius 3 is 2.38 bits per heavy atom. The van der Waals surface area contributed by atoms with E-state index in [0.717, 1.165) is 0 Å². The minimum absolute atomic E-state index is 0.201. The molecule has 0 saturated heterocycles. The molecule has 0 radical (unpaired) electrons. The average Bonchev–Trinajstić information content (AvgIpc) is 2.67. The molecule has 2 aromatic rings. The van der Waals surface area contributed by atoms with Gasteiger partial charge in [0, 0.05) is 17.2 Å². The third-order valence-corrected chi connectivity index (χ3v) is 3.36. The fraction of sp³-hybridized carbons (Fsp3) is 0.0952. The van der Waals surface area contributed by atoms with Crippen LogP contribution in [-0.4, -0.2) is 24.3 Å². The van der Waals surface area contributed by atoms with Crippen LogP contribution in [0.15, 0.2) is 78.9 Å². The number of ketones is 1. The first kappa shape index (κ1) is 18.9. The topological polar surface area (TPSA) is 72.5 Å². The Hall–Kier alpha value is -3.47. The van der Waals surface area contributed by atoms with Crippen molar-refractivity contribution in [3.05, 3.63) is 90.0 Å². The summed E-state index contributed by atoms with van der Waals surface area (Å²) >= 11 is 0. The number of rotatable bonds is 7. The van der Waals surface area contributed by atoms with E-state index in [4.69, 9.17) is 4.74 Å². The van der Waals surface area contributed by atoms with E-state index in [9.17, 15) is 14.4 Å². The fourth-order valence-corrected chi connectivity index (χ4v) is 2.15. The van der Waals surface area contributed by atoms with Gasteiger partial charge in [-0.25, -0.2) is 4.79 Å². The predicted molar refractivity (Wildman–Crippen MR) is 99.9 cm³/mol. The van der Waals surface area contributed by atoms with Crippen molar-refractivity contribution in [3.63, 3.8) is 0 Å². The Morgan fingerprint density at radius 2 is 1.65 bits per heavy atom. The molecule has 0 fully saturated rings. The fourth-order valence-electron chi connectivity index (χ4n) is 2.15. The molecule has 1 N–H and O–H groups in total. The number of nitrogens with one attached hydrogen (secondary N) is 1. The van der Waals surface area contributed by atoms with Crippen LogP contribution in [0.3, 0.4) is 0 Å². The summed E-state index contributed by atoms with van der Waals surface area (Å²) in [6.07, 6.45) is 6.18. The van der Waals surface area contributed by atoms with Crippen molar-refractivity contribution in [3.8, 4) is 0 Å². The van der Waals surface area contributed by atoms with Crippen LogP contribution in [-0.2, 0) is 14.3 Å². The first-order valence-electron chi connectivity index (χ1n) is 8.06. The second-order valence-corrected chi connectivity index (χ2v) is 5.28. The van der Waals surface area contributed by atoms with Crippen molar-refractivity contribution >= 4 is 23.3 Å². The highest BCUT2D eigenvalue weighted by Crippen LogP contribution is 2.19. The molecule has 0 unspecified atom stereocenters. The van der Waals surface area contributed by atoms with Crippen molar-refractivity contribution < 1.29 is 19.1 Å². The lowest BCUT2D eigenvalue weighted by molar-refractivity contribution is -0.142. The number of amides is 1. The van der Waals surface area contributed by atoms with E-state index in [1.807, 2.05) is 13.0 Å². The maximum atomic E-state index is 12.6. The van der Waals surface area contributed by atoms with Crippen molar-refractivity contribution in [2.24, 2.45) is 0 Å². The lowest BCUT2D eigenvalue weighted by Crippen LogP contribution is -2.21. The molecule has 132 valence electrons.